The van der Waals surface area contributed by atoms with Gasteiger partial charge in [-0.2, -0.15) is 0 Å². The molecule has 3 heterocycles. The number of hydrogen-bond donors (Lipinski definition) is 1. The molecule has 0 saturated carbocycles. The van der Waals surface area contributed by atoms with Gasteiger partial charge < -0.3 is 10.1 Å². The highest BCUT2D eigenvalue weighted by Gasteiger charge is 2.17. The monoisotopic (exact) mass is 450 g/mol. The fourth-order valence-corrected chi connectivity index (χ4v) is 3.89. The van der Waals surface area contributed by atoms with E-state index in [-0.39, 0.29) is 23.9 Å². The topological polar surface area (TPSA) is 86.1 Å². The number of thiazole rings is 1. The molecular formula is C23H19FN4O3S. The van der Waals surface area contributed by atoms with Crippen LogP contribution in [-0.4, -0.2) is 20.4 Å². The zero-order valence-corrected chi connectivity index (χ0v) is 17.9. The van der Waals surface area contributed by atoms with E-state index >= 15 is 0 Å². The van der Waals surface area contributed by atoms with Crippen LogP contribution < -0.4 is 15.6 Å². The molecule has 0 fully saturated rings. The first kappa shape index (κ1) is 21.4. The minimum Gasteiger partial charge on any atom is -0.489 e. The van der Waals surface area contributed by atoms with E-state index in [0.717, 1.165) is 22.5 Å². The lowest BCUT2D eigenvalue weighted by Crippen LogP contribution is -2.22. The van der Waals surface area contributed by atoms with Gasteiger partial charge in [0.05, 0.1) is 5.69 Å². The minimum atomic E-state index is -0.335. The van der Waals surface area contributed by atoms with E-state index in [0.29, 0.717) is 28.0 Å². The van der Waals surface area contributed by atoms with Crippen LogP contribution in [0.25, 0.3) is 5.13 Å². The number of nitrogens with one attached hydrogen (secondary N) is 1. The molecule has 4 aromatic rings. The molecule has 162 valence electrons. The molecule has 32 heavy (non-hydrogen) atoms. The van der Waals surface area contributed by atoms with Gasteiger partial charge in [-0.1, -0.05) is 29.5 Å². The second kappa shape index (κ2) is 9.52. The van der Waals surface area contributed by atoms with Gasteiger partial charge in [-0.15, -0.1) is 0 Å². The Hall–Kier alpha value is -3.85. The van der Waals surface area contributed by atoms with Gasteiger partial charge in [-0.05, 0) is 42.3 Å². The van der Waals surface area contributed by atoms with Gasteiger partial charge in [0.2, 0.25) is 0 Å². The van der Waals surface area contributed by atoms with Crippen LogP contribution in [0.2, 0.25) is 0 Å². The van der Waals surface area contributed by atoms with Gasteiger partial charge >= 0.3 is 0 Å². The van der Waals surface area contributed by atoms with Crippen molar-refractivity contribution in [3.8, 4) is 10.9 Å². The Bertz CT molecular complexity index is 1290. The second-order valence-electron chi connectivity index (χ2n) is 6.94. The Morgan fingerprint density at radius 2 is 2.00 bits per heavy atom. The van der Waals surface area contributed by atoms with Crippen LogP contribution in [0.1, 0.15) is 26.5 Å². The van der Waals surface area contributed by atoms with E-state index in [2.05, 4.69) is 15.3 Å². The number of benzene rings is 1. The SMILES string of the molecule is Cc1nc(-n2ccc(OCc3ccc(F)cc3)cc2=O)sc1C(=O)NCc1cccnc1. The molecule has 4 rings (SSSR count). The number of carbonyl (C=O) groups excluding carboxylic acids is 1. The summed E-state index contributed by atoms with van der Waals surface area (Å²) < 4.78 is 20.0. The molecule has 0 unspecified atom stereocenters. The van der Waals surface area contributed by atoms with Crippen LogP contribution in [0.5, 0.6) is 5.75 Å². The molecule has 9 heteroatoms. The number of halogens is 1. The van der Waals surface area contributed by atoms with Crippen LogP contribution in [0.3, 0.4) is 0 Å². The highest BCUT2D eigenvalue weighted by Crippen LogP contribution is 2.21. The van der Waals surface area contributed by atoms with Gasteiger partial charge in [-0.3, -0.25) is 19.1 Å². The van der Waals surface area contributed by atoms with E-state index in [9.17, 15) is 14.0 Å². The van der Waals surface area contributed by atoms with Crippen molar-refractivity contribution in [3.05, 3.63) is 105 Å². The quantitative estimate of drug-likeness (QED) is 0.465. The summed E-state index contributed by atoms with van der Waals surface area (Å²) in [6.45, 7) is 2.28. The molecule has 1 amide bonds. The lowest BCUT2D eigenvalue weighted by molar-refractivity contribution is 0.0954. The molecule has 0 aliphatic rings. The Balaban J connectivity index is 1.44. The maximum Gasteiger partial charge on any atom is 0.263 e. The molecule has 0 bridgehead atoms. The average molecular weight is 450 g/mol. The van der Waals surface area contributed by atoms with Crippen LogP contribution >= 0.6 is 11.3 Å². The van der Waals surface area contributed by atoms with E-state index in [1.54, 1.807) is 49.8 Å². The van der Waals surface area contributed by atoms with Crippen molar-refractivity contribution in [2.75, 3.05) is 0 Å². The molecule has 1 N–H and O–H groups in total. The maximum atomic E-state index is 13.0. The Labute approximate surface area is 187 Å². The summed E-state index contributed by atoms with van der Waals surface area (Å²) in [4.78, 5) is 34.0. The van der Waals surface area contributed by atoms with Crippen LogP contribution in [0.4, 0.5) is 4.39 Å². The number of aryl methyl sites for hydroxylation is 1. The van der Waals surface area contributed by atoms with Crippen LogP contribution in [0, 0.1) is 12.7 Å². The smallest absolute Gasteiger partial charge is 0.263 e. The van der Waals surface area contributed by atoms with Gasteiger partial charge in [0, 0.05) is 31.2 Å². The minimum absolute atomic E-state index is 0.210. The normalized spacial score (nSPS) is 10.7. The van der Waals surface area contributed by atoms with Gasteiger partial charge in [0.15, 0.2) is 5.13 Å². The van der Waals surface area contributed by atoms with Crippen molar-refractivity contribution in [1.29, 1.82) is 0 Å². The van der Waals surface area contributed by atoms with Crippen molar-refractivity contribution in [3.63, 3.8) is 0 Å². The van der Waals surface area contributed by atoms with Crippen LogP contribution in [0.15, 0.2) is 71.9 Å². The molecule has 0 saturated heterocycles. The summed E-state index contributed by atoms with van der Waals surface area (Å²) in [5.41, 5.74) is 1.87. The standard InChI is InChI=1S/C23H19FN4O3S/c1-15-21(22(30)26-13-17-3-2-9-25-12-17)32-23(27-15)28-10-8-19(11-20(28)29)31-14-16-4-6-18(24)7-5-16/h2-12H,13-14H2,1H3,(H,26,30). The number of ether oxygens (including phenoxy) is 1. The molecule has 7 nitrogen and oxygen atoms in total. The lowest BCUT2D eigenvalue weighted by atomic mass is 10.2. The Morgan fingerprint density at radius 1 is 1.19 bits per heavy atom. The van der Waals surface area contributed by atoms with Crippen LogP contribution in [-0.2, 0) is 13.2 Å². The summed E-state index contributed by atoms with van der Waals surface area (Å²) in [6.07, 6.45) is 4.91. The third-order valence-electron chi connectivity index (χ3n) is 4.58. The van der Waals surface area contributed by atoms with Crippen molar-refractivity contribution in [1.82, 2.24) is 19.9 Å². The fourth-order valence-electron chi connectivity index (χ4n) is 2.92. The number of nitrogens with zero attached hydrogens (tertiary/aromatic N) is 3. The highest BCUT2D eigenvalue weighted by molar-refractivity contribution is 7.16. The Kier molecular flexibility index (Phi) is 6.37. The van der Waals surface area contributed by atoms with Gasteiger partial charge in [0.25, 0.3) is 11.5 Å². The summed E-state index contributed by atoms with van der Waals surface area (Å²) in [6, 6.07) is 12.6. The predicted molar refractivity (Wildman–Crippen MR) is 119 cm³/mol. The zero-order valence-electron chi connectivity index (χ0n) is 17.1. The summed E-state index contributed by atoms with van der Waals surface area (Å²) >= 11 is 1.14. The van der Waals surface area contributed by atoms with Crippen molar-refractivity contribution < 1.29 is 13.9 Å². The third kappa shape index (κ3) is 5.06. The van der Waals surface area contributed by atoms with E-state index in [1.165, 1.54) is 22.8 Å². The van der Waals surface area contributed by atoms with Crippen molar-refractivity contribution in [2.45, 2.75) is 20.1 Å². The molecule has 1 aromatic carbocycles. The summed E-state index contributed by atoms with van der Waals surface area (Å²) in [7, 11) is 0. The number of hydrogen-bond acceptors (Lipinski definition) is 6. The maximum absolute atomic E-state index is 13.0. The molecule has 3 aromatic heterocycles. The lowest BCUT2D eigenvalue weighted by Gasteiger charge is -2.07. The first-order valence-electron chi connectivity index (χ1n) is 9.74. The predicted octanol–water partition coefficient (Wildman–Crippen LogP) is 3.65. The number of pyridine rings is 2. The van der Waals surface area contributed by atoms with Gasteiger partial charge in [-0.25, -0.2) is 9.37 Å². The average Bonchev–Trinajstić information content (AvgIpc) is 3.19. The van der Waals surface area contributed by atoms with Crippen molar-refractivity contribution in [2.24, 2.45) is 0 Å². The van der Waals surface area contributed by atoms with Gasteiger partial charge in [0.1, 0.15) is 23.1 Å². The van der Waals surface area contributed by atoms with E-state index in [4.69, 9.17) is 4.74 Å². The second-order valence-corrected chi connectivity index (χ2v) is 7.92. The number of rotatable bonds is 7. The molecule has 0 radical (unpaired) electrons. The third-order valence-corrected chi connectivity index (χ3v) is 5.74. The van der Waals surface area contributed by atoms with Crippen molar-refractivity contribution >= 4 is 17.2 Å². The highest BCUT2D eigenvalue weighted by atomic mass is 32.1. The molecule has 0 aliphatic heterocycles. The number of aromatic nitrogens is 3. The molecular weight excluding hydrogens is 431 g/mol. The summed E-state index contributed by atoms with van der Waals surface area (Å²) in [5.74, 6) is -0.194. The van der Waals surface area contributed by atoms with E-state index in [1.807, 2.05) is 6.07 Å². The largest absolute Gasteiger partial charge is 0.489 e. The molecule has 0 aliphatic carbocycles. The molecule has 0 atom stereocenters. The number of carbonyl (C=O) groups is 1. The molecule has 0 spiro atoms. The van der Waals surface area contributed by atoms with E-state index < -0.39 is 0 Å². The first-order chi connectivity index (χ1) is 15.5. The number of amides is 1. The first-order valence-corrected chi connectivity index (χ1v) is 10.6. The zero-order chi connectivity index (χ0) is 22.5. The Morgan fingerprint density at radius 3 is 2.72 bits per heavy atom. The summed E-state index contributed by atoms with van der Waals surface area (Å²) in [5, 5.41) is 3.23. The fraction of sp³-hybridized carbons (Fsp3) is 0.130.